The lowest BCUT2D eigenvalue weighted by Gasteiger charge is -2.34. The van der Waals surface area contributed by atoms with Gasteiger partial charge in [-0.05, 0) is 0 Å². The van der Waals surface area contributed by atoms with Crippen molar-refractivity contribution in [3.8, 4) is 12.0 Å². The smallest absolute Gasteiger partial charge is 0.324 e. The van der Waals surface area contributed by atoms with Crippen LogP contribution in [0.15, 0.2) is 0 Å². The number of nitrogens with two attached hydrogens (primary N) is 1. The minimum Gasteiger partial charge on any atom is -0.467 e. The van der Waals surface area contributed by atoms with Gasteiger partial charge in [0.2, 0.25) is 5.95 Å². The topological polar surface area (TPSA) is 89.6 Å². The van der Waals surface area contributed by atoms with E-state index in [-0.39, 0.29) is 12.0 Å². The maximum absolute atomic E-state index is 5.56. The molecule has 0 aromatic carbocycles. The highest BCUT2D eigenvalue weighted by Gasteiger charge is 2.20. The number of anilines is 1. The predicted octanol–water partition coefficient (Wildman–Crippen LogP) is -1.03. The quantitative estimate of drug-likeness (QED) is 0.725. The van der Waals surface area contributed by atoms with Crippen LogP contribution >= 0.6 is 0 Å². The Morgan fingerprint density at radius 2 is 1.58 bits per heavy atom. The zero-order chi connectivity index (χ0) is 13.7. The molecule has 8 heteroatoms. The van der Waals surface area contributed by atoms with Crippen molar-refractivity contribution in [1.29, 1.82) is 0 Å². The number of aromatic nitrogens is 3. The highest BCUT2D eigenvalue weighted by atomic mass is 16.5. The van der Waals surface area contributed by atoms with Gasteiger partial charge in [0.1, 0.15) is 0 Å². The third-order valence-electron chi connectivity index (χ3n) is 3.05. The molecule has 0 unspecified atom stereocenters. The lowest BCUT2D eigenvalue weighted by atomic mass is 10.3. The molecule has 0 aliphatic carbocycles. The van der Waals surface area contributed by atoms with E-state index in [9.17, 15) is 0 Å². The SMILES string of the molecule is COc1nc(OC)nc(N2CCN(CCN)CC2)n1. The molecule has 0 spiro atoms. The molecule has 1 aromatic rings. The first-order valence-electron chi connectivity index (χ1n) is 6.28. The monoisotopic (exact) mass is 268 g/mol. The molecule has 8 nitrogen and oxygen atoms in total. The van der Waals surface area contributed by atoms with E-state index in [0.29, 0.717) is 12.5 Å². The third-order valence-corrected chi connectivity index (χ3v) is 3.05. The van der Waals surface area contributed by atoms with Crippen molar-refractivity contribution in [3.63, 3.8) is 0 Å². The fraction of sp³-hybridized carbons (Fsp3) is 0.727. The molecule has 2 N–H and O–H groups in total. The van der Waals surface area contributed by atoms with Gasteiger partial charge in [0.05, 0.1) is 14.2 Å². The Morgan fingerprint density at radius 1 is 1.00 bits per heavy atom. The molecule has 1 aromatic heterocycles. The second-order valence-electron chi connectivity index (χ2n) is 4.23. The number of rotatable bonds is 5. The average molecular weight is 268 g/mol. The van der Waals surface area contributed by atoms with E-state index < -0.39 is 0 Å². The molecule has 1 saturated heterocycles. The van der Waals surface area contributed by atoms with Gasteiger partial charge in [0.15, 0.2) is 0 Å². The molecule has 2 heterocycles. The Balaban J connectivity index is 2.06. The van der Waals surface area contributed by atoms with Gasteiger partial charge >= 0.3 is 12.0 Å². The van der Waals surface area contributed by atoms with Crippen LogP contribution in [0, 0.1) is 0 Å². The molecular weight excluding hydrogens is 248 g/mol. The number of piperazine rings is 1. The largest absolute Gasteiger partial charge is 0.467 e. The average Bonchev–Trinajstić information content (AvgIpc) is 2.47. The number of nitrogens with zero attached hydrogens (tertiary/aromatic N) is 5. The molecule has 1 aliphatic heterocycles. The summed E-state index contributed by atoms with van der Waals surface area (Å²) in [5, 5.41) is 0. The van der Waals surface area contributed by atoms with E-state index in [0.717, 1.165) is 32.7 Å². The van der Waals surface area contributed by atoms with Gasteiger partial charge in [-0.1, -0.05) is 0 Å². The summed E-state index contributed by atoms with van der Waals surface area (Å²) >= 11 is 0. The highest BCUT2D eigenvalue weighted by Crippen LogP contribution is 2.17. The summed E-state index contributed by atoms with van der Waals surface area (Å²) < 4.78 is 10.1. The van der Waals surface area contributed by atoms with Crippen LogP contribution < -0.4 is 20.1 Å². The zero-order valence-corrected chi connectivity index (χ0v) is 11.4. The van der Waals surface area contributed by atoms with Crippen molar-refractivity contribution >= 4 is 5.95 Å². The Bertz CT molecular complexity index is 386. The number of methoxy groups -OCH3 is 2. The minimum absolute atomic E-state index is 0.270. The first kappa shape index (κ1) is 13.8. The lowest BCUT2D eigenvalue weighted by molar-refractivity contribution is 0.262. The number of hydrogen-bond donors (Lipinski definition) is 1. The van der Waals surface area contributed by atoms with E-state index in [4.69, 9.17) is 15.2 Å². The van der Waals surface area contributed by atoms with Crippen molar-refractivity contribution in [2.45, 2.75) is 0 Å². The van der Waals surface area contributed by atoms with E-state index >= 15 is 0 Å². The molecule has 0 bridgehead atoms. The summed E-state index contributed by atoms with van der Waals surface area (Å²) in [5.74, 6) is 0.594. The molecule has 19 heavy (non-hydrogen) atoms. The number of ether oxygens (including phenoxy) is 2. The summed E-state index contributed by atoms with van der Waals surface area (Å²) in [4.78, 5) is 16.9. The second-order valence-corrected chi connectivity index (χ2v) is 4.23. The molecule has 1 fully saturated rings. The first-order valence-corrected chi connectivity index (χ1v) is 6.28. The predicted molar refractivity (Wildman–Crippen MR) is 70.6 cm³/mol. The van der Waals surface area contributed by atoms with Crippen LogP contribution in [-0.4, -0.2) is 73.3 Å². The van der Waals surface area contributed by atoms with Crippen LogP contribution in [0.2, 0.25) is 0 Å². The summed E-state index contributed by atoms with van der Waals surface area (Å²) in [6, 6.07) is 0.539. The molecule has 0 radical (unpaired) electrons. The summed E-state index contributed by atoms with van der Waals surface area (Å²) in [6.07, 6.45) is 0. The normalized spacial score (nSPS) is 16.5. The lowest BCUT2D eigenvalue weighted by Crippen LogP contribution is -2.48. The van der Waals surface area contributed by atoms with Crippen molar-refractivity contribution < 1.29 is 9.47 Å². The van der Waals surface area contributed by atoms with Crippen molar-refractivity contribution in [2.24, 2.45) is 5.73 Å². The molecule has 0 saturated carbocycles. The summed E-state index contributed by atoms with van der Waals surface area (Å²) in [5.41, 5.74) is 5.56. The Labute approximate surface area is 112 Å². The standard InChI is InChI=1S/C11H20N6O2/c1-18-10-13-9(14-11(15-10)19-2)17-7-5-16(4-3-12)6-8-17/h3-8,12H2,1-2H3. The molecule has 1 aliphatic rings. The Hall–Kier alpha value is -1.67. The van der Waals surface area contributed by atoms with Crippen molar-refractivity contribution in [2.75, 3.05) is 58.4 Å². The fourth-order valence-corrected chi connectivity index (χ4v) is 2.01. The maximum Gasteiger partial charge on any atom is 0.324 e. The van der Waals surface area contributed by atoms with Gasteiger partial charge in [0.25, 0.3) is 0 Å². The van der Waals surface area contributed by atoms with Crippen LogP contribution in [-0.2, 0) is 0 Å². The molecule has 0 amide bonds. The van der Waals surface area contributed by atoms with Gasteiger partial charge < -0.3 is 20.1 Å². The molecule has 106 valence electrons. The fourth-order valence-electron chi connectivity index (χ4n) is 2.01. The van der Waals surface area contributed by atoms with Crippen LogP contribution in [0.1, 0.15) is 0 Å². The van der Waals surface area contributed by atoms with E-state index in [1.807, 2.05) is 0 Å². The van der Waals surface area contributed by atoms with E-state index in [1.165, 1.54) is 14.2 Å². The van der Waals surface area contributed by atoms with Crippen LogP contribution in [0.5, 0.6) is 12.0 Å². The highest BCUT2D eigenvalue weighted by molar-refractivity contribution is 5.33. The van der Waals surface area contributed by atoms with E-state index in [2.05, 4.69) is 24.8 Å². The second kappa shape index (κ2) is 6.48. The summed E-state index contributed by atoms with van der Waals surface area (Å²) in [6.45, 7) is 5.23. The van der Waals surface area contributed by atoms with Crippen LogP contribution in [0.4, 0.5) is 5.95 Å². The molecular formula is C11H20N6O2. The summed E-state index contributed by atoms with van der Waals surface area (Å²) in [7, 11) is 3.05. The van der Waals surface area contributed by atoms with Gasteiger partial charge in [-0.3, -0.25) is 4.90 Å². The Kier molecular flexibility index (Phi) is 4.69. The van der Waals surface area contributed by atoms with Crippen LogP contribution in [0.25, 0.3) is 0 Å². The number of hydrogen-bond acceptors (Lipinski definition) is 8. The third kappa shape index (κ3) is 3.42. The maximum atomic E-state index is 5.56. The van der Waals surface area contributed by atoms with Crippen LogP contribution in [0.3, 0.4) is 0 Å². The van der Waals surface area contributed by atoms with Gasteiger partial charge in [-0.2, -0.15) is 9.97 Å². The van der Waals surface area contributed by atoms with Crippen molar-refractivity contribution in [1.82, 2.24) is 19.9 Å². The van der Waals surface area contributed by atoms with E-state index in [1.54, 1.807) is 0 Å². The minimum atomic E-state index is 0.270. The molecule has 2 rings (SSSR count). The van der Waals surface area contributed by atoms with Gasteiger partial charge in [-0.15, -0.1) is 4.98 Å². The van der Waals surface area contributed by atoms with Gasteiger partial charge in [0, 0.05) is 39.3 Å². The Morgan fingerprint density at radius 3 is 2.05 bits per heavy atom. The molecule has 0 atom stereocenters. The zero-order valence-electron chi connectivity index (χ0n) is 11.4. The first-order chi connectivity index (χ1) is 9.26. The van der Waals surface area contributed by atoms with Gasteiger partial charge in [-0.25, -0.2) is 0 Å². The van der Waals surface area contributed by atoms with Crippen molar-refractivity contribution in [3.05, 3.63) is 0 Å².